The van der Waals surface area contributed by atoms with Crippen molar-refractivity contribution in [2.75, 3.05) is 26.2 Å². The fourth-order valence-electron chi connectivity index (χ4n) is 2.17. The molecule has 2 fully saturated rings. The predicted octanol–water partition coefficient (Wildman–Crippen LogP) is 1.01. The number of rotatable bonds is 1. The molecular weight excluding hydrogens is 221 g/mol. The summed E-state index contributed by atoms with van der Waals surface area (Å²) in [5.74, 6) is -1.56. The number of alkyl halides is 3. The third kappa shape index (κ3) is 2.31. The summed E-state index contributed by atoms with van der Waals surface area (Å²) < 4.78 is 37.6. The number of likely N-dealkylation sites (tertiary alicyclic amines) is 1. The van der Waals surface area contributed by atoms with Crippen molar-refractivity contribution in [2.24, 2.45) is 11.8 Å². The first-order chi connectivity index (χ1) is 7.48. The number of nitrogens with zero attached hydrogens (tertiary/aromatic N) is 1. The molecule has 92 valence electrons. The standard InChI is InChI=1S/C10H15F3N2O/c11-10(12,13)8-2-1-3-15(6-8)9(16)7-4-14-5-7/h7-8,14H,1-6H2. The smallest absolute Gasteiger partial charge is 0.342 e. The van der Waals surface area contributed by atoms with Crippen LogP contribution in [0.3, 0.4) is 0 Å². The van der Waals surface area contributed by atoms with Crippen LogP contribution in [0, 0.1) is 11.8 Å². The zero-order chi connectivity index (χ0) is 11.8. The molecule has 2 rings (SSSR count). The van der Waals surface area contributed by atoms with E-state index >= 15 is 0 Å². The van der Waals surface area contributed by atoms with Crippen LogP contribution in [0.5, 0.6) is 0 Å². The Morgan fingerprint density at radius 2 is 2.00 bits per heavy atom. The zero-order valence-electron chi connectivity index (χ0n) is 8.89. The second-order valence-electron chi connectivity index (χ2n) is 4.52. The van der Waals surface area contributed by atoms with Crippen molar-refractivity contribution in [3.05, 3.63) is 0 Å². The van der Waals surface area contributed by atoms with Crippen LogP contribution < -0.4 is 5.32 Å². The highest BCUT2D eigenvalue weighted by Gasteiger charge is 2.43. The van der Waals surface area contributed by atoms with Crippen molar-refractivity contribution in [2.45, 2.75) is 19.0 Å². The first-order valence-corrected chi connectivity index (χ1v) is 5.54. The highest BCUT2D eigenvalue weighted by Crippen LogP contribution is 2.33. The molecule has 1 unspecified atom stereocenters. The minimum absolute atomic E-state index is 0.105. The molecule has 2 aliphatic rings. The van der Waals surface area contributed by atoms with Gasteiger partial charge in [-0.05, 0) is 12.8 Å². The molecule has 0 spiro atoms. The lowest BCUT2D eigenvalue weighted by Gasteiger charge is -2.38. The van der Waals surface area contributed by atoms with Gasteiger partial charge in [0, 0.05) is 26.2 Å². The van der Waals surface area contributed by atoms with Crippen LogP contribution in [0.1, 0.15) is 12.8 Å². The van der Waals surface area contributed by atoms with E-state index in [9.17, 15) is 18.0 Å². The molecule has 0 bridgehead atoms. The molecule has 2 saturated heterocycles. The third-order valence-electron chi connectivity index (χ3n) is 3.33. The van der Waals surface area contributed by atoms with Crippen molar-refractivity contribution in [3.63, 3.8) is 0 Å². The molecule has 1 amide bonds. The van der Waals surface area contributed by atoms with Gasteiger partial charge in [-0.25, -0.2) is 0 Å². The normalized spacial score (nSPS) is 27.7. The van der Waals surface area contributed by atoms with Crippen LogP contribution in [0.25, 0.3) is 0 Å². The van der Waals surface area contributed by atoms with Crippen LogP contribution >= 0.6 is 0 Å². The van der Waals surface area contributed by atoms with Gasteiger partial charge < -0.3 is 10.2 Å². The highest BCUT2D eigenvalue weighted by molar-refractivity contribution is 5.80. The maximum atomic E-state index is 12.5. The lowest BCUT2D eigenvalue weighted by molar-refractivity contribution is -0.189. The molecule has 0 aromatic heterocycles. The number of halogens is 3. The molecule has 1 N–H and O–H groups in total. The second-order valence-corrected chi connectivity index (χ2v) is 4.52. The molecule has 2 heterocycles. The first kappa shape index (κ1) is 11.7. The molecule has 0 radical (unpaired) electrons. The monoisotopic (exact) mass is 236 g/mol. The van der Waals surface area contributed by atoms with Gasteiger partial charge in [0.2, 0.25) is 5.91 Å². The Morgan fingerprint density at radius 3 is 2.50 bits per heavy atom. The number of amides is 1. The van der Waals surface area contributed by atoms with Gasteiger partial charge in [0.15, 0.2) is 0 Å². The van der Waals surface area contributed by atoms with E-state index in [1.807, 2.05) is 0 Å². The number of hydrogen-bond acceptors (Lipinski definition) is 2. The molecule has 0 aromatic carbocycles. The first-order valence-electron chi connectivity index (χ1n) is 5.54. The van der Waals surface area contributed by atoms with Crippen molar-refractivity contribution in [1.29, 1.82) is 0 Å². The average Bonchev–Trinajstić information content (AvgIpc) is 2.14. The lowest BCUT2D eigenvalue weighted by Crippen LogP contribution is -2.54. The van der Waals surface area contributed by atoms with Gasteiger partial charge in [0.05, 0.1) is 11.8 Å². The van der Waals surface area contributed by atoms with E-state index in [2.05, 4.69) is 5.32 Å². The number of hydrogen-bond donors (Lipinski definition) is 1. The molecule has 16 heavy (non-hydrogen) atoms. The van der Waals surface area contributed by atoms with Crippen LogP contribution in [0.15, 0.2) is 0 Å². The Bertz CT molecular complexity index is 276. The maximum Gasteiger partial charge on any atom is 0.393 e. The lowest BCUT2D eigenvalue weighted by atomic mass is 9.94. The fourth-order valence-corrected chi connectivity index (χ4v) is 2.17. The van der Waals surface area contributed by atoms with Gasteiger partial charge in [-0.3, -0.25) is 4.79 Å². The van der Waals surface area contributed by atoms with E-state index in [1.54, 1.807) is 0 Å². The molecule has 6 heteroatoms. The van der Waals surface area contributed by atoms with Gasteiger partial charge in [-0.2, -0.15) is 13.2 Å². The van der Waals surface area contributed by atoms with Crippen LogP contribution in [0.2, 0.25) is 0 Å². The van der Waals surface area contributed by atoms with Crippen LogP contribution in [-0.4, -0.2) is 43.2 Å². The SMILES string of the molecule is O=C(C1CNC1)N1CCCC(C(F)(F)F)C1. The summed E-state index contributed by atoms with van der Waals surface area (Å²) in [5.41, 5.74) is 0. The summed E-state index contributed by atoms with van der Waals surface area (Å²) in [7, 11) is 0. The van der Waals surface area contributed by atoms with Gasteiger partial charge in [-0.1, -0.05) is 0 Å². The Balaban J connectivity index is 1.93. The summed E-state index contributed by atoms with van der Waals surface area (Å²) >= 11 is 0. The Kier molecular flexibility index (Phi) is 3.10. The van der Waals surface area contributed by atoms with Gasteiger partial charge >= 0.3 is 6.18 Å². The van der Waals surface area contributed by atoms with Crippen molar-refractivity contribution in [3.8, 4) is 0 Å². The van der Waals surface area contributed by atoms with Crippen molar-refractivity contribution >= 4 is 5.91 Å². The molecule has 0 saturated carbocycles. The summed E-state index contributed by atoms with van der Waals surface area (Å²) in [5, 5.41) is 2.95. The Morgan fingerprint density at radius 1 is 1.31 bits per heavy atom. The average molecular weight is 236 g/mol. The van der Waals surface area contributed by atoms with Gasteiger partial charge in [0.1, 0.15) is 0 Å². The molecule has 0 aromatic rings. The van der Waals surface area contributed by atoms with Crippen LogP contribution in [-0.2, 0) is 4.79 Å². The summed E-state index contributed by atoms with van der Waals surface area (Å²) in [6, 6.07) is 0. The topological polar surface area (TPSA) is 32.3 Å². The molecule has 2 aliphatic heterocycles. The Labute approximate surface area is 92.0 Å². The minimum Gasteiger partial charge on any atom is -0.342 e. The number of nitrogens with one attached hydrogen (secondary N) is 1. The minimum atomic E-state index is -4.17. The van der Waals surface area contributed by atoms with E-state index in [1.165, 1.54) is 4.90 Å². The largest absolute Gasteiger partial charge is 0.393 e. The zero-order valence-corrected chi connectivity index (χ0v) is 8.89. The van der Waals surface area contributed by atoms with E-state index in [0.717, 1.165) is 0 Å². The summed E-state index contributed by atoms with van der Waals surface area (Å²) in [6.07, 6.45) is -3.57. The highest BCUT2D eigenvalue weighted by atomic mass is 19.4. The molecule has 0 aliphatic carbocycles. The summed E-state index contributed by atoms with van der Waals surface area (Å²) in [4.78, 5) is 13.2. The number of piperidine rings is 1. The Hall–Kier alpha value is -0.780. The second kappa shape index (κ2) is 4.24. The number of carbonyl (C=O) groups excluding carboxylic acids is 1. The summed E-state index contributed by atoms with van der Waals surface area (Å²) in [6.45, 7) is 1.53. The maximum absolute atomic E-state index is 12.5. The molecule has 1 atom stereocenters. The quantitative estimate of drug-likeness (QED) is 0.737. The van der Waals surface area contributed by atoms with E-state index < -0.39 is 12.1 Å². The molecule has 3 nitrogen and oxygen atoms in total. The predicted molar refractivity (Wildman–Crippen MR) is 51.7 cm³/mol. The number of carbonyl (C=O) groups is 1. The van der Waals surface area contributed by atoms with E-state index in [-0.39, 0.29) is 24.8 Å². The van der Waals surface area contributed by atoms with Crippen molar-refractivity contribution in [1.82, 2.24) is 10.2 Å². The van der Waals surface area contributed by atoms with Gasteiger partial charge in [-0.15, -0.1) is 0 Å². The third-order valence-corrected chi connectivity index (χ3v) is 3.33. The molecular formula is C10H15F3N2O. The van der Waals surface area contributed by atoms with Crippen LogP contribution in [0.4, 0.5) is 13.2 Å². The van der Waals surface area contributed by atoms with E-state index in [0.29, 0.717) is 26.1 Å². The van der Waals surface area contributed by atoms with Crippen molar-refractivity contribution < 1.29 is 18.0 Å². The fraction of sp³-hybridized carbons (Fsp3) is 0.900. The van der Waals surface area contributed by atoms with E-state index in [4.69, 9.17) is 0 Å². The van der Waals surface area contributed by atoms with Gasteiger partial charge in [0.25, 0.3) is 0 Å².